The van der Waals surface area contributed by atoms with Crippen LogP contribution in [0.4, 0.5) is 4.79 Å². The Morgan fingerprint density at radius 2 is 1.92 bits per heavy atom. The highest BCUT2D eigenvalue weighted by Crippen LogP contribution is 2.24. The summed E-state index contributed by atoms with van der Waals surface area (Å²) in [6.07, 6.45) is -2.20. The predicted octanol–water partition coefficient (Wildman–Crippen LogP) is -0.570. The van der Waals surface area contributed by atoms with E-state index in [0.717, 1.165) is 4.90 Å². The molecule has 0 spiro atoms. The van der Waals surface area contributed by atoms with Crippen LogP contribution >= 0.6 is 0 Å². The van der Waals surface area contributed by atoms with Crippen molar-refractivity contribution in [3.05, 3.63) is 0 Å². The summed E-state index contributed by atoms with van der Waals surface area (Å²) in [5, 5.41) is 26.6. The summed E-state index contributed by atoms with van der Waals surface area (Å²) < 4.78 is 0. The molecule has 3 atom stereocenters. The lowest BCUT2D eigenvalue weighted by Gasteiger charge is -2.19. The normalized spacial score (nSPS) is 33.4. The molecule has 0 aromatic rings. The number of aliphatic carboxylic acids is 1. The van der Waals surface area contributed by atoms with E-state index in [1.165, 1.54) is 6.92 Å². The van der Waals surface area contributed by atoms with Crippen molar-refractivity contribution in [2.75, 3.05) is 6.54 Å². The third kappa shape index (κ3) is 1.57. The smallest absolute Gasteiger partial charge is 0.408 e. The van der Waals surface area contributed by atoms with E-state index in [1.807, 2.05) is 0 Å². The molecule has 1 saturated heterocycles. The van der Waals surface area contributed by atoms with E-state index in [2.05, 4.69) is 0 Å². The minimum Gasteiger partial charge on any atom is -0.480 e. The van der Waals surface area contributed by atoms with Crippen LogP contribution in [-0.4, -0.2) is 51.0 Å². The highest BCUT2D eigenvalue weighted by molar-refractivity contribution is 5.80. The molecule has 0 radical (unpaired) electrons. The van der Waals surface area contributed by atoms with Gasteiger partial charge in [0.15, 0.2) is 0 Å². The molecule has 2 unspecified atom stereocenters. The van der Waals surface area contributed by atoms with Gasteiger partial charge in [-0.2, -0.15) is 0 Å². The zero-order valence-corrected chi connectivity index (χ0v) is 7.04. The molecule has 13 heavy (non-hydrogen) atoms. The molecule has 74 valence electrons. The van der Waals surface area contributed by atoms with Crippen LogP contribution in [-0.2, 0) is 4.79 Å². The number of carbonyl (C=O) groups is 2. The van der Waals surface area contributed by atoms with Gasteiger partial charge in [-0.15, -0.1) is 0 Å². The number of hydrogen-bond acceptors (Lipinski definition) is 3. The second kappa shape index (κ2) is 3.21. The molecule has 1 heterocycles. The van der Waals surface area contributed by atoms with Crippen molar-refractivity contribution in [3.8, 4) is 0 Å². The number of aliphatic hydroxyl groups is 1. The monoisotopic (exact) mass is 189 g/mol. The summed E-state index contributed by atoms with van der Waals surface area (Å²) in [5.74, 6) is -1.78. The Labute approximate surface area is 74.4 Å². The van der Waals surface area contributed by atoms with Gasteiger partial charge < -0.3 is 15.3 Å². The molecule has 6 nitrogen and oxygen atoms in total. The van der Waals surface area contributed by atoms with Gasteiger partial charge in [0.2, 0.25) is 0 Å². The summed E-state index contributed by atoms with van der Waals surface area (Å²) in [6.45, 7) is 1.39. The third-order valence-corrected chi connectivity index (χ3v) is 2.32. The molecule has 0 saturated carbocycles. The van der Waals surface area contributed by atoms with Crippen LogP contribution in [0.3, 0.4) is 0 Å². The van der Waals surface area contributed by atoms with Crippen molar-refractivity contribution < 1.29 is 24.9 Å². The van der Waals surface area contributed by atoms with Crippen molar-refractivity contribution >= 4 is 12.1 Å². The van der Waals surface area contributed by atoms with Crippen molar-refractivity contribution in [2.24, 2.45) is 5.92 Å². The highest BCUT2D eigenvalue weighted by atomic mass is 16.4. The van der Waals surface area contributed by atoms with E-state index in [0.29, 0.717) is 0 Å². The topological polar surface area (TPSA) is 98.1 Å². The second-order valence-electron chi connectivity index (χ2n) is 3.14. The van der Waals surface area contributed by atoms with Gasteiger partial charge in [-0.1, -0.05) is 6.92 Å². The van der Waals surface area contributed by atoms with E-state index in [9.17, 15) is 14.7 Å². The number of nitrogens with zero attached hydrogens (tertiary/aromatic N) is 1. The number of rotatable bonds is 1. The molecule has 3 N–H and O–H groups in total. The Kier molecular flexibility index (Phi) is 2.42. The predicted molar refractivity (Wildman–Crippen MR) is 41.3 cm³/mol. The van der Waals surface area contributed by atoms with Gasteiger partial charge in [-0.05, 0) is 0 Å². The highest BCUT2D eigenvalue weighted by Gasteiger charge is 2.45. The lowest BCUT2D eigenvalue weighted by molar-refractivity contribution is -0.142. The largest absolute Gasteiger partial charge is 0.480 e. The maximum atomic E-state index is 10.7. The molecule has 6 heteroatoms. The SMILES string of the molecule is CC1C(O)CN(C(=O)O)[C@@H]1C(=O)O. The van der Waals surface area contributed by atoms with Crippen LogP contribution in [0.15, 0.2) is 0 Å². The first-order chi connectivity index (χ1) is 5.95. The van der Waals surface area contributed by atoms with Gasteiger partial charge in [0, 0.05) is 5.92 Å². The number of carboxylic acid groups (broad SMARTS) is 2. The van der Waals surface area contributed by atoms with Crippen LogP contribution in [0.25, 0.3) is 0 Å². The number of amides is 1. The molecule has 1 fully saturated rings. The fraction of sp³-hybridized carbons (Fsp3) is 0.714. The molecule has 0 aliphatic carbocycles. The molecule has 0 aromatic carbocycles. The molecular weight excluding hydrogens is 178 g/mol. The number of carboxylic acids is 1. The minimum atomic E-state index is -1.31. The summed E-state index contributed by atoms with van der Waals surface area (Å²) in [7, 11) is 0. The molecule has 1 rings (SSSR count). The van der Waals surface area contributed by atoms with Crippen LogP contribution in [0.5, 0.6) is 0 Å². The van der Waals surface area contributed by atoms with Gasteiger partial charge in [-0.25, -0.2) is 9.59 Å². The standard InChI is InChI=1S/C7H11NO5/c1-3-4(9)2-8(7(12)13)5(3)6(10)11/h3-5,9H,2H2,1H3,(H,10,11)(H,12,13)/t3?,4?,5-/m0/s1. The van der Waals surface area contributed by atoms with Gasteiger partial charge in [-0.3, -0.25) is 4.90 Å². The van der Waals surface area contributed by atoms with Gasteiger partial charge in [0.05, 0.1) is 12.6 Å². The Morgan fingerprint density at radius 1 is 1.38 bits per heavy atom. The Hall–Kier alpha value is -1.30. The van der Waals surface area contributed by atoms with Crippen molar-refractivity contribution in [3.63, 3.8) is 0 Å². The molecule has 1 aliphatic heterocycles. The van der Waals surface area contributed by atoms with Gasteiger partial charge >= 0.3 is 12.1 Å². The fourth-order valence-corrected chi connectivity index (χ4v) is 1.53. The van der Waals surface area contributed by atoms with Crippen LogP contribution in [0.2, 0.25) is 0 Å². The molecule has 1 amide bonds. The lowest BCUT2D eigenvalue weighted by Crippen LogP contribution is -2.41. The van der Waals surface area contributed by atoms with Crippen molar-refractivity contribution in [2.45, 2.75) is 19.1 Å². The van der Waals surface area contributed by atoms with Gasteiger partial charge in [0.1, 0.15) is 6.04 Å². The number of aliphatic hydroxyl groups excluding tert-OH is 1. The van der Waals surface area contributed by atoms with Crippen molar-refractivity contribution in [1.29, 1.82) is 0 Å². The average Bonchev–Trinajstić information content (AvgIpc) is 2.28. The number of hydrogen-bond donors (Lipinski definition) is 3. The summed E-state index contributed by atoms with van der Waals surface area (Å²) in [6, 6.07) is -1.13. The molecule has 1 aliphatic rings. The van der Waals surface area contributed by atoms with Crippen LogP contribution < -0.4 is 0 Å². The quantitative estimate of drug-likeness (QED) is 0.513. The van der Waals surface area contributed by atoms with Crippen molar-refractivity contribution in [1.82, 2.24) is 4.90 Å². The second-order valence-corrected chi connectivity index (χ2v) is 3.14. The number of β-amino-alcohol motifs (C(OH)–C–C–N with tert-alkyl or cyclic N) is 1. The summed E-state index contributed by atoms with van der Waals surface area (Å²) >= 11 is 0. The fourth-order valence-electron chi connectivity index (χ4n) is 1.53. The average molecular weight is 189 g/mol. The molecule has 0 bridgehead atoms. The summed E-state index contributed by atoms with van der Waals surface area (Å²) in [4.78, 5) is 22.0. The first-order valence-corrected chi connectivity index (χ1v) is 3.85. The Bertz CT molecular complexity index is 241. The Morgan fingerprint density at radius 3 is 2.23 bits per heavy atom. The zero-order valence-electron chi connectivity index (χ0n) is 7.04. The van der Waals surface area contributed by atoms with Crippen LogP contribution in [0.1, 0.15) is 6.92 Å². The minimum absolute atomic E-state index is 0.131. The number of likely N-dealkylation sites (tertiary alicyclic amines) is 1. The lowest BCUT2D eigenvalue weighted by atomic mass is 10.0. The van der Waals surface area contributed by atoms with E-state index in [4.69, 9.17) is 10.2 Å². The van der Waals surface area contributed by atoms with Crippen LogP contribution in [0, 0.1) is 5.92 Å². The maximum Gasteiger partial charge on any atom is 0.408 e. The molecular formula is C7H11NO5. The Balaban J connectivity index is 2.86. The third-order valence-electron chi connectivity index (χ3n) is 2.32. The van der Waals surface area contributed by atoms with E-state index in [-0.39, 0.29) is 6.54 Å². The van der Waals surface area contributed by atoms with E-state index in [1.54, 1.807) is 0 Å². The maximum absolute atomic E-state index is 10.7. The van der Waals surface area contributed by atoms with Gasteiger partial charge in [0.25, 0.3) is 0 Å². The first kappa shape index (κ1) is 9.79. The zero-order chi connectivity index (χ0) is 10.2. The first-order valence-electron chi connectivity index (χ1n) is 3.85. The summed E-state index contributed by atoms with van der Waals surface area (Å²) in [5.41, 5.74) is 0. The van der Waals surface area contributed by atoms with E-state index >= 15 is 0 Å². The van der Waals surface area contributed by atoms with E-state index < -0.39 is 30.1 Å². The molecule has 0 aromatic heterocycles.